The van der Waals surface area contributed by atoms with Crippen LogP contribution in [0, 0.1) is 13.8 Å². The third kappa shape index (κ3) is 4.47. The lowest BCUT2D eigenvalue weighted by Crippen LogP contribution is -2.71. The van der Waals surface area contributed by atoms with Crippen molar-refractivity contribution in [2.75, 3.05) is 11.9 Å². The maximum Gasteiger partial charge on any atom is 0.311 e. The van der Waals surface area contributed by atoms with Crippen LogP contribution in [0.5, 0.6) is 5.75 Å². The molecule has 0 bridgehead atoms. The number of aryl methyl sites for hydroxylation is 2. The summed E-state index contributed by atoms with van der Waals surface area (Å²) in [7, 11) is 0. The van der Waals surface area contributed by atoms with Gasteiger partial charge >= 0.3 is 5.84 Å². The monoisotopic (exact) mass is 314 g/mol. The first-order valence-electron chi connectivity index (χ1n) is 7.12. The minimum absolute atomic E-state index is 0.0935. The number of hydrogen-bond donors (Lipinski definition) is 4. The van der Waals surface area contributed by atoms with Crippen molar-refractivity contribution in [2.24, 2.45) is 5.73 Å². The van der Waals surface area contributed by atoms with E-state index in [-0.39, 0.29) is 18.3 Å². The second-order valence-corrected chi connectivity index (χ2v) is 5.19. The average molecular weight is 314 g/mol. The average Bonchev–Trinajstić information content (AvgIpc) is 2.56. The van der Waals surface area contributed by atoms with Crippen molar-refractivity contribution in [3.63, 3.8) is 0 Å². The normalized spacial score (nSPS) is 11.1. The van der Waals surface area contributed by atoms with Gasteiger partial charge in [-0.25, -0.2) is 0 Å². The Kier molecular flexibility index (Phi) is 5.19. The molecule has 6 nitrogen and oxygen atoms in total. The zero-order chi connectivity index (χ0) is 16.8. The molecule has 0 fully saturated rings. The molecule has 23 heavy (non-hydrogen) atoms. The third-order valence-electron chi connectivity index (χ3n) is 3.45. The first-order valence-corrected chi connectivity index (χ1v) is 7.12. The van der Waals surface area contributed by atoms with Crippen LogP contribution in [0.1, 0.15) is 16.7 Å². The number of nitrogens with one attached hydrogen (secondary N) is 2. The van der Waals surface area contributed by atoms with Crippen LogP contribution in [-0.4, -0.2) is 23.6 Å². The number of hydrogen-bond acceptors (Lipinski definition) is 3. The van der Waals surface area contributed by atoms with Gasteiger partial charge in [-0.15, -0.1) is 0 Å². The number of nitrogens with two attached hydrogens (primary N) is 1. The van der Waals surface area contributed by atoms with Crippen LogP contribution < -0.4 is 20.9 Å². The van der Waals surface area contributed by atoms with E-state index in [2.05, 4.69) is 5.32 Å². The van der Waals surface area contributed by atoms with E-state index in [0.29, 0.717) is 11.3 Å². The summed E-state index contributed by atoms with van der Waals surface area (Å²) in [5.41, 5.74) is 9.18. The van der Waals surface area contributed by atoms with E-state index in [1.165, 1.54) is 5.56 Å². The molecule has 120 valence electrons. The van der Waals surface area contributed by atoms with E-state index < -0.39 is 0 Å². The topological polar surface area (TPSA) is 98.5 Å². The highest BCUT2D eigenvalue weighted by Gasteiger charge is 2.07. The zero-order valence-corrected chi connectivity index (χ0v) is 13.1. The molecule has 0 spiro atoms. The number of rotatable bonds is 5. The minimum atomic E-state index is -0.236. The molecule has 0 saturated carbocycles. The summed E-state index contributed by atoms with van der Waals surface area (Å²) in [5, 5.41) is 13.4. The van der Waals surface area contributed by atoms with E-state index in [1.807, 2.05) is 37.2 Å². The van der Waals surface area contributed by atoms with Gasteiger partial charge in [-0.05, 0) is 61.4 Å². The summed E-state index contributed by atoms with van der Waals surface area (Å²) in [6, 6.07) is 12.4. The van der Waals surface area contributed by atoms with Gasteiger partial charge in [0, 0.05) is 5.69 Å². The van der Waals surface area contributed by atoms with Crippen molar-refractivity contribution in [3.05, 3.63) is 59.2 Å². The molecule has 0 aliphatic carbocycles. The van der Waals surface area contributed by atoms with Crippen LogP contribution in [0.3, 0.4) is 0 Å². The molecule has 0 aliphatic rings. The molecule has 5 N–H and O–H groups in total. The van der Waals surface area contributed by atoms with Crippen molar-refractivity contribution < 1.29 is 19.9 Å². The maximum absolute atomic E-state index is 11.9. The molecule has 0 aliphatic heterocycles. The van der Waals surface area contributed by atoms with Crippen molar-refractivity contribution >= 4 is 17.4 Å². The second kappa shape index (κ2) is 7.31. The van der Waals surface area contributed by atoms with Gasteiger partial charge in [0.25, 0.3) is 5.91 Å². The summed E-state index contributed by atoms with van der Waals surface area (Å²) in [6.07, 6.45) is 0. The van der Waals surface area contributed by atoms with Gasteiger partial charge in [0.05, 0.1) is 5.56 Å². The van der Waals surface area contributed by atoms with E-state index in [1.54, 1.807) is 24.3 Å². The highest BCUT2D eigenvalue weighted by Crippen LogP contribution is 2.15. The predicted octanol–water partition coefficient (Wildman–Crippen LogP) is 0.496. The Balaban J connectivity index is 1.90. The maximum atomic E-state index is 11.9. The van der Waals surface area contributed by atoms with Crippen LogP contribution in [0.25, 0.3) is 0 Å². The van der Waals surface area contributed by atoms with Gasteiger partial charge in [-0.2, -0.15) is 0 Å². The van der Waals surface area contributed by atoms with Crippen LogP contribution in [-0.2, 0) is 4.79 Å². The summed E-state index contributed by atoms with van der Waals surface area (Å²) in [4.78, 5) is 11.9. The van der Waals surface area contributed by atoms with Gasteiger partial charge in [0.2, 0.25) is 0 Å². The Labute approximate surface area is 134 Å². The predicted molar refractivity (Wildman–Crippen MR) is 87.5 cm³/mol. The lowest BCUT2D eigenvalue weighted by Gasteiger charge is -2.09. The Morgan fingerprint density at radius 2 is 1.87 bits per heavy atom. The van der Waals surface area contributed by atoms with Crippen LogP contribution in [0.15, 0.2) is 42.5 Å². The number of carbonyl (C=O) groups excluding carboxylic acids is 1. The van der Waals surface area contributed by atoms with Gasteiger partial charge in [0.15, 0.2) is 6.61 Å². The smallest absolute Gasteiger partial charge is 0.311 e. The summed E-state index contributed by atoms with van der Waals surface area (Å²) in [5.74, 6) is 0.444. The SMILES string of the molecule is Cc1ccc(NC(=O)COc2ccc(C(N)=[NH+]O)cc2)cc1C. The minimum Gasteiger partial charge on any atom is -0.484 e. The summed E-state index contributed by atoms with van der Waals surface area (Å²) >= 11 is 0. The standard InChI is InChI=1S/C17H19N3O3/c1-11-3-6-14(9-12(11)2)19-16(21)10-23-15-7-4-13(5-8-15)17(18)20-22/h3-9,22H,10H2,1-2H3,(H2,18,20)(H,19,21)/p+1. The Bertz CT molecular complexity index is 724. The molecule has 0 aromatic heterocycles. The van der Waals surface area contributed by atoms with Crippen LogP contribution in [0.2, 0.25) is 0 Å². The molecular weight excluding hydrogens is 294 g/mol. The zero-order valence-electron chi connectivity index (χ0n) is 13.1. The number of amides is 1. The molecule has 0 saturated heterocycles. The highest BCUT2D eigenvalue weighted by atomic mass is 16.5. The van der Waals surface area contributed by atoms with Gasteiger partial charge < -0.3 is 15.3 Å². The molecule has 0 unspecified atom stereocenters. The first-order chi connectivity index (χ1) is 11.0. The molecule has 6 heteroatoms. The molecule has 2 aromatic carbocycles. The molecule has 0 heterocycles. The summed E-state index contributed by atoms with van der Waals surface area (Å²) in [6.45, 7) is 3.92. The summed E-state index contributed by atoms with van der Waals surface area (Å²) < 4.78 is 5.42. The number of amidine groups is 1. The largest absolute Gasteiger partial charge is 0.484 e. The number of carbonyl (C=O) groups is 1. The third-order valence-corrected chi connectivity index (χ3v) is 3.45. The van der Waals surface area contributed by atoms with E-state index in [0.717, 1.165) is 11.3 Å². The fourth-order valence-electron chi connectivity index (χ4n) is 1.96. The quantitative estimate of drug-likeness (QED) is 0.279. The lowest BCUT2D eigenvalue weighted by molar-refractivity contribution is -0.737. The lowest BCUT2D eigenvalue weighted by atomic mass is 10.1. The van der Waals surface area contributed by atoms with E-state index >= 15 is 0 Å². The fraction of sp³-hybridized carbons (Fsp3) is 0.176. The number of nitrogen functional groups attached to an aromatic ring is 1. The van der Waals surface area contributed by atoms with Gasteiger partial charge in [-0.1, -0.05) is 11.2 Å². The Hall–Kier alpha value is -3.02. The van der Waals surface area contributed by atoms with Crippen LogP contribution >= 0.6 is 0 Å². The van der Waals surface area contributed by atoms with E-state index in [9.17, 15) is 4.79 Å². The van der Waals surface area contributed by atoms with E-state index in [4.69, 9.17) is 15.7 Å². The number of anilines is 1. The Morgan fingerprint density at radius 1 is 1.17 bits per heavy atom. The molecule has 0 atom stereocenters. The molecular formula is C17H20N3O3+. The van der Waals surface area contributed by atoms with Crippen molar-refractivity contribution in [2.45, 2.75) is 13.8 Å². The Morgan fingerprint density at radius 3 is 2.48 bits per heavy atom. The molecule has 1 amide bonds. The van der Waals surface area contributed by atoms with Crippen LogP contribution in [0.4, 0.5) is 5.69 Å². The number of ether oxygens (including phenoxy) is 1. The van der Waals surface area contributed by atoms with Crippen molar-refractivity contribution in [1.29, 1.82) is 0 Å². The first kappa shape index (κ1) is 16.4. The highest BCUT2D eigenvalue weighted by molar-refractivity contribution is 5.93. The molecule has 2 aromatic rings. The van der Waals surface area contributed by atoms with Crippen molar-refractivity contribution in [1.82, 2.24) is 0 Å². The van der Waals surface area contributed by atoms with Gasteiger partial charge in [-0.3, -0.25) is 10.5 Å². The number of benzene rings is 2. The van der Waals surface area contributed by atoms with Crippen molar-refractivity contribution in [3.8, 4) is 5.75 Å². The van der Waals surface area contributed by atoms with Gasteiger partial charge in [0.1, 0.15) is 5.75 Å². The fourth-order valence-corrected chi connectivity index (χ4v) is 1.96. The molecule has 0 radical (unpaired) electrons. The second-order valence-electron chi connectivity index (χ2n) is 5.19. The molecule has 2 rings (SSSR count).